The maximum Gasteiger partial charge on any atom is 0.165 e. The minimum atomic E-state index is 0.159. The van der Waals surface area contributed by atoms with Gasteiger partial charge in [-0.05, 0) is 25.1 Å². The quantitative estimate of drug-likeness (QED) is 0.749. The molecule has 1 aliphatic rings. The van der Waals surface area contributed by atoms with E-state index in [1.165, 1.54) is 0 Å². The molecule has 2 aromatic rings. The molecule has 0 fully saturated rings. The highest BCUT2D eigenvalue weighted by molar-refractivity contribution is 9.10. The summed E-state index contributed by atoms with van der Waals surface area (Å²) in [6.45, 7) is 1.90. The van der Waals surface area contributed by atoms with Crippen LogP contribution in [0.5, 0.6) is 0 Å². The van der Waals surface area contributed by atoms with Crippen molar-refractivity contribution in [3.05, 3.63) is 39.9 Å². The lowest BCUT2D eigenvalue weighted by Gasteiger charge is -2.09. The van der Waals surface area contributed by atoms with Gasteiger partial charge >= 0.3 is 0 Å². The van der Waals surface area contributed by atoms with Gasteiger partial charge in [0.25, 0.3) is 0 Å². The Morgan fingerprint density at radius 3 is 2.94 bits per heavy atom. The highest BCUT2D eigenvalue weighted by Crippen LogP contribution is 2.26. The Labute approximate surface area is 107 Å². The first kappa shape index (κ1) is 10.7. The van der Waals surface area contributed by atoms with Gasteiger partial charge in [-0.15, -0.1) is 10.2 Å². The fraction of sp³-hybridized carbons (Fsp3) is 0.250. The molecule has 0 spiro atoms. The van der Waals surface area contributed by atoms with E-state index in [2.05, 4.69) is 26.1 Å². The average Bonchev–Trinajstić information content (AvgIpc) is 2.61. The number of fused-ring (bicyclic) bond motifs is 3. The van der Waals surface area contributed by atoms with Crippen LogP contribution in [0.15, 0.2) is 22.7 Å². The van der Waals surface area contributed by atoms with E-state index in [1.807, 2.05) is 29.7 Å². The molecule has 2 heterocycles. The van der Waals surface area contributed by atoms with E-state index in [0.29, 0.717) is 12.8 Å². The minimum Gasteiger partial charge on any atom is -0.294 e. The molecule has 0 bridgehead atoms. The van der Waals surface area contributed by atoms with Crippen molar-refractivity contribution in [2.45, 2.75) is 19.8 Å². The second-order valence-electron chi connectivity index (χ2n) is 4.08. The SMILES string of the molecule is Cc1nnc2n1-c1ccc(Br)cc1C(=O)CC2. The summed E-state index contributed by atoms with van der Waals surface area (Å²) < 4.78 is 2.88. The lowest BCUT2D eigenvalue weighted by Crippen LogP contribution is -2.04. The predicted molar refractivity (Wildman–Crippen MR) is 66.4 cm³/mol. The number of nitrogens with zero attached hydrogens (tertiary/aromatic N) is 3. The maximum absolute atomic E-state index is 12.1. The minimum absolute atomic E-state index is 0.159. The van der Waals surface area contributed by atoms with Gasteiger partial charge < -0.3 is 0 Å². The zero-order chi connectivity index (χ0) is 12.0. The van der Waals surface area contributed by atoms with Gasteiger partial charge in [-0.1, -0.05) is 15.9 Å². The number of benzene rings is 1. The number of halogens is 1. The van der Waals surface area contributed by atoms with Crippen molar-refractivity contribution in [1.82, 2.24) is 14.8 Å². The monoisotopic (exact) mass is 291 g/mol. The number of ketones is 1. The van der Waals surface area contributed by atoms with Gasteiger partial charge in [-0.2, -0.15) is 0 Å². The smallest absolute Gasteiger partial charge is 0.165 e. The van der Waals surface area contributed by atoms with Crippen molar-refractivity contribution < 1.29 is 4.79 Å². The van der Waals surface area contributed by atoms with E-state index in [1.54, 1.807) is 0 Å². The molecule has 17 heavy (non-hydrogen) atoms. The summed E-state index contributed by atoms with van der Waals surface area (Å²) in [6.07, 6.45) is 1.13. The summed E-state index contributed by atoms with van der Waals surface area (Å²) in [5.41, 5.74) is 1.62. The normalized spacial score (nSPS) is 14.1. The summed E-state index contributed by atoms with van der Waals surface area (Å²) in [6, 6.07) is 5.73. The standard InChI is InChI=1S/C12H10BrN3O/c1-7-14-15-12-5-4-11(17)9-6-8(13)2-3-10(9)16(7)12/h2-3,6H,4-5H2,1H3. The van der Waals surface area contributed by atoms with Crippen LogP contribution in [0.3, 0.4) is 0 Å². The number of hydrogen-bond acceptors (Lipinski definition) is 3. The van der Waals surface area contributed by atoms with Crippen LogP contribution < -0.4 is 0 Å². The van der Waals surface area contributed by atoms with Crippen LogP contribution in [0.2, 0.25) is 0 Å². The largest absolute Gasteiger partial charge is 0.294 e. The molecule has 0 atom stereocenters. The van der Waals surface area contributed by atoms with Gasteiger partial charge in [-0.3, -0.25) is 9.36 Å². The first-order valence-electron chi connectivity index (χ1n) is 5.41. The van der Waals surface area contributed by atoms with Crippen LogP contribution >= 0.6 is 15.9 Å². The number of hydrogen-bond donors (Lipinski definition) is 0. The molecule has 0 unspecified atom stereocenters. The third-order valence-corrected chi connectivity index (χ3v) is 3.46. The van der Waals surface area contributed by atoms with E-state index < -0.39 is 0 Å². The zero-order valence-electron chi connectivity index (χ0n) is 9.27. The molecule has 0 aliphatic carbocycles. The second-order valence-corrected chi connectivity index (χ2v) is 5.00. The van der Waals surface area contributed by atoms with Gasteiger partial charge in [0.1, 0.15) is 11.6 Å². The zero-order valence-corrected chi connectivity index (χ0v) is 10.9. The maximum atomic E-state index is 12.1. The molecule has 1 aromatic carbocycles. The van der Waals surface area contributed by atoms with Crippen LogP contribution in [-0.2, 0) is 6.42 Å². The van der Waals surface area contributed by atoms with E-state index in [4.69, 9.17) is 0 Å². The molecule has 3 rings (SSSR count). The summed E-state index contributed by atoms with van der Waals surface area (Å²) in [5.74, 6) is 1.83. The predicted octanol–water partition coefficient (Wildman–Crippen LogP) is 2.47. The van der Waals surface area contributed by atoms with Crippen molar-refractivity contribution in [2.75, 3.05) is 0 Å². The molecule has 1 aliphatic heterocycles. The third kappa shape index (κ3) is 1.61. The van der Waals surface area contributed by atoms with Crippen LogP contribution in [0, 0.1) is 6.92 Å². The van der Waals surface area contributed by atoms with Crippen molar-refractivity contribution in [3.63, 3.8) is 0 Å². The summed E-state index contributed by atoms with van der Waals surface area (Å²) in [5, 5.41) is 8.20. The fourth-order valence-corrected chi connectivity index (χ4v) is 2.53. The van der Waals surface area contributed by atoms with Gasteiger partial charge in [0.2, 0.25) is 0 Å². The average molecular weight is 292 g/mol. The number of rotatable bonds is 0. The van der Waals surface area contributed by atoms with Gasteiger partial charge in [0, 0.05) is 22.9 Å². The van der Waals surface area contributed by atoms with Gasteiger partial charge in [0.05, 0.1) is 5.69 Å². The first-order chi connectivity index (χ1) is 8.16. The summed E-state index contributed by atoms with van der Waals surface area (Å²) >= 11 is 3.40. The van der Waals surface area contributed by atoms with E-state index in [9.17, 15) is 4.79 Å². The number of Topliss-reactive ketones (excluding diaryl/α,β-unsaturated/α-hetero) is 1. The topological polar surface area (TPSA) is 47.8 Å². The number of carbonyl (C=O) groups excluding carboxylic acids is 1. The van der Waals surface area contributed by atoms with Gasteiger partial charge in [0.15, 0.2) is 5.78 Å². The molecule has 0 saturated carbocycles. The number of carbonyl (C=O) groups is 1. The Balaban J connectivity index is 2.34. The lowest BCUT2D eigenvalue weighted by molar-refractivity contribution is 0.0984. The molecule has 86 valence electrons. The Kier molecular flexibility index (Phi) is 2.36. The Morgan fingerprint density at radius 2 is 2.12 bits per heavy atom. The number of aryl methyl sites for hydroxylation is 2. The van der Waals surface area contributed by atoms with Crippen molar-refractivity contribution in [1.29, 1.82) is 0 Å². The molecule has 1 aromatic heterocycles. The van der Waals surface area contributed by atoms with Crippen molar-refractivity contribution in [2.24, 2.45) is 0 Å². The molecular formula is C12H10BrN3O. The number of aromatic nitrogens is 3. The fourth-order valence-electron chi connectivity index (χ4n) is 2.17. The van der Waals surface area contributed by atoms with Gasteiger partial charge in [-0.25, -0.2) is 0 Å². The van der Waals surface area contributed by atoms with Crippen molar-refractivity contribution >= 4 is 21.7 Å². The van der Waals surface area contributed by atoms with E-state index >= 15 is 0 Å². The highest BCUT2D eigenvalue weighted by atomic mass is 79.9. The highest BCUT2D eigenvalue weighted by Gasteiger charge is 2.22. The van der Waals surface area contributed by atoms with E-state index in [0.717, 1.165) is 27.4 Å². The van der Waals surface area contributed by atoms with Crippen LogP contribution in [0.1, 0.15) is 28.4 Å². The summed E-state index contributed by atoms with van der Waals surface area (Å²) in [7, 11) is 0. The molecular weight excluding hydrogens is 282 g/mol. The lowest BCUT2D eigenvalue weighted by atomic mass is 10.1. The Hall–Kier alpha value is -1.49. The molecule has 0 amide bonds. The molecule has 0 N–H and O–H groups in total. The Morgan fingerprint density at radius 1 is 1.29 bits per heavy atom. The van der Waals surface area contributed by atoms with Crippen LogP contribution in [0.25, 0.3) is 5.69 Å². The van der Waals surface area contributed by atoms with Crippen molar-refractivity contribution in [3.8, 4) is 5.69 Å². The molecule has 5 heteroatoms. The Bertz CT molecular complexity index is 618. The first-order valence-corrected chi connectivity index (χ1v) is 6.20. The van der Waals surface area contributed by atoms with Crippen LogP contribution in [-0.4, -0.2) is 20.5 Å². The second kappa shape index (κ2) is 3.77. The molecule has 0 saturated heterocycles. The molecule has 0 radical (unpaired) electrons. The van der Waals surface area contributed by atoms with E-state index in [-0.39, 0.29) is 5.78 Å². The van der Waals surface area contributed by atoms with Crippen LogP contribution in [0.4, 0.5) is 0 Å². The molecule has 4 nitrogen and oxygen atoms in total. The summed E-state index contributed by atoms with van der Waals surface area (Å²) in [4.78, 5) is 12.1. The third-order valence-electron chi connectivity index (χ3n) is 2.97.